The highest BCUT2D eigenvalue weighted by Crippen LogP contribution is 2.32. The van der Waals surface area contributed by atoms with Gasteiger partial charge in [-0.2, -0.15) is 0 Å². The molecule has 2 aromatic carbocycles. The number of alkyl halides is 1. The highest BCUT2D eigenvalue weighted by atomic mass is 19.1. The second-order valence-corrected chi connectivity index (χ2v) is 8.88. The average molecular weight is 472 g/mol. The minimum absolute atomic E-state index is 0.0960. The number of hydrogen-bond donors (Lipinski definition) is 4. The number of nitrogens with two attached hydrogens (primary N) is 1. The second kappa shape index (κ2) is 10.5. The number of hydrogen-bond acceptors (Lipinski definition) is 6. The van der Waals surface area contributed by atoms with E-state index in [1.807, 2.05) is 36.4 Å². The summed E-state index contributed by atoms with van der Waals surface area (Å²) in [6.45, 7) is -0.231. The van der Waals surface area contributed by atoms with E-state index in [1.165, 1.54) is 4.90 Å². The van der Waals surface area contributed by atoms with Gasteiger partial charge in [0.05, 0.1) is 12.6 Å². The van der Waals surface area contributed by atoms with E-state index in [4.69, 9.17) is 15.6 Å². The van der Waals surface area contributed by atoms with Gasteiger partial charge in [0.1, 0.15) is 18.5 Å². The molecular formula is C25H30FN3O5. The lowest BCUT2D eigenvalue weighted by Gasteiger charge is -2.34. The smallest absolute Gasteiger partial charge is 0.248 e. The number of nitrogens with zero attached hydrogens (tertiary/aromatic N) is 1. The number of likely N-dealkylation sites (tertiary alicyclic amines) is 1. The van der Waals surface area contributed by atoms with E-state index in [2.05, 4.69) is 5.32 Å². The van der Waals surface area contributed by atoms with Gasteiger partial charge in [-0.05, 0) is 48.2 Å². The van der Waals surface area contributed by atoms with Crippen molar-refractivity contribution in [2.24, 2.45) is 11.7 Å². The first-order valence-electron chi connectivity index (χ1n) is 11.5. The van der Waals surface area contributed by atoms with Gasteiger partial charge in [0, 0.05) is 36.7 Å². The Hall–Kier alpha value is -3.01. The molecular weight excluding hydrogens is 441 g/mol. The summed E-state index contributed by atoms with van der Waals surface area (Å²) in [7, 11) is 0. The Bertz CT molecular complexity index is 1040. The summed E-state index contributed by atoms with van der Waals surface area (Å²) in [6, 6.07) is 13.0. The highest BCUT2D eigenvalue weighted by Gasteiger charge is 2.34. The summed E-state index contributed by atoms with van der Waals surface area (Å²) in [5.74, 6) is -0.251. The maximum absolute atomic E-state index is 14.6. The van der Waals surface area contributed by atoms with Crippen LogP contribution >= 0.6 is 0 Å². The molecule has 9 heteroatoms. The van der Waals surface area contributed by atoms with Gasteiger partial charge in [0.2, 0.25) is 11.8 Å². The average Bonchev–Trinajstić information content (AvgIpc) is 2.83. The normalized spacial score (nSPS) is 24.3. The summed E-state index contributed by atoms with van der Waals surface area (Å²) in [4.78, 5) is 25.2. The molecule has 182 valence electrons. The predicted molar refractivity (Wildman–Crippen MR) is 125 cm³/mol. The Balaban J connectivity index is 1.44. The maximum atomic E-state index is 14.6. The molecule has 0 unspecified atom stereocenters. The number of benzene rings is 2. The molecule has 0 bridgehead atoms. The van der Waals surface area contributed by atoms with Crippen molar-refractivity contribution in [1.29, 1.82) is 0 Å². The Labute approximate surface area is 197 Å². The topological polar surface area (TPSA) is 125 Å². The van der Waals surface area contributed by atoms with E-state index in [9.17, 15) is 19.1 Å². The molecule has 2 amide bonds. The molecule has 1 heterocycles. The lowest BCUT2D eigenvalue weighted by Crippen LogP contribution is -2.50. The molecule has 0 radical (unpaired) electrons. The van der Waals surface area contributed by atoms with Crippen molar-refractivity contribution in [2.45, 2.75) is 44.2 Å². The van der Waals surface area contributed by atoms with Crippen molar-refractivity contribution in [3.05, 3.63) is 48.0 Å². The Morgan fingerprint density at radius 2 is 1.94 bits per heavy atom. The van der Waals surface area contributed by atoms with E-state index in [1.54, 1.807) is 6.07 Å². The molecule has 1 saturated heterocycles. The molecule has 2 aromatic rings. The fourth-order valence-electron chi connectivity index (χ4n) is 4.36. The van der Waals surface area contributed by atoms with E-state index >= 15 is 0 Å². The second-order valence-electron chi connectivity index (χ2n) is 8.88. The highest BCUT2D eigenvalue weighted by molar-refractivity contribution is 5.93. The number of carbonyl (C=O) groups excluding carboxylic acids is 2. The first kappa shape index (κ1) is 24.1. The Morgan fingerprint density at radius 3 is 2.62 bits per heavy atom. The number of aliphatic hydroxyl groups excluding tert-OH is 2. The number of piperidine rings is 1. The molecule has 5 N–H and O–H groups in total. The fraction of sp³-hybridized carbons (Fsp3) is 0.440. The van der Waals surface area contributed by atoms with Crippen molar-refractivity contribution < 1.29 is 28.9 Å². The van der Waals surface area contributed by atoms with Crippen molar-refractivity contribution in [3.8, 4) is 16.9 Å². The van der Waals surface area contributed by atoms with Gasteiger partial charge in [0.15, 0.2) is 6.17 Å². The molecule has 1 aliphatic carbocycles. The van der Waals surface area contributed by atoms with Gasteiger partial charge in [-0.3, -0.25) is 9.59 Å². The summed E-state index contributed by atoms with van der Waals surface area (Å²) >= 11 is 0. The van der Waals surface area contributed by atoms with Crippen LogP contribution in [0.5, 0.6) is 5.75 Å². The molecule has 2 fully saturated rings. The molecule has 1 saturated carbocycles. The third kappa shape index (κ3) is 5.38. The third-order valence-corrected chi connectivity index (χ3v) is 6.48. The zero-order valence-corrected chi connectivity index (χ0v) is 18.8. The van der Waals surface area contributed by atoms with Gasteiger partial charge in [-0.1, -0.05) is 18.2 Å². The summed E-state index contributed by atoms with van der Waals surface area (Å²) in [5.41, 5.74) is 9.09. The van der Waals surface area contributed by atoms with Crippen LogP contribution in [0.1, 0.15) is 24.8 Å². The van der Waals surface area contributed by atoms with Crippen LogP contribution in [-0.4, -0.2) is 65.0 Å². The standard InChI is InChI=1S/C25H30FN3O5/c26-21-13-29(24(32)14-30)7-6-23(21)34-22-5-4-16(8-18(22)12-27)15-2-1-3-19(9-15)28-25(33)17-10-20(31)11-17/h1-5,8-9,17,20-21,23,30-31H,6-7,10-14,27H2,(H,28,33)/t17-,20-,21-,23+/m1/s1. The van der Waals surface area contributed by atoms with Crippen molar-refractivity contribution in [2.75, 3.05) is 25.0 Å². The minimum atomic E-state index is -1.37. The predicted octanol–water partition coefficient (Wildman–Crippen LogP) is 1.83. The largest absolute Gasteiger partial charge is 0.487 e. The number of rotatable bonds is 7. The third-order valence-electron chi connectivity index (χ3n) is 6.48. The summed E-state index contributed by atoms with van der Waals surface area (Å²) in [5, 5.41) is 21.3. The van der Waals surface area contributed by atoms with Crippen LogP contribution in [0, 0.1) is 5.92 Å². The number of halogens is 1. The van der Waals surface area contributed by atoms with Crippen LogP contribution in [-0.2, 0) is 16.1 Å². The van der Waals surface area contributed by atoms with Crippen LogP contribution in [0.25, 0.3) is 11.1 Å². The zero-order valence-electron chi connectivity index (χ0n) is 18.8. The lowest BCUT2D eigenvalue weighted by atomic mass is 9.82. The first-order valence-corrected chi connectivity index (χ1v) is 11.5. The number of amides is 2. The van der Waals surface area contributed by atoms with Crippen LogP contribution in [0.2, 0.25) is 0 Å². The van der Waals surface area contributed by atoms with Crippen molar-refractivity contribution >= 4 is 17.5 Å². The quantitative estimate of drug-likeness (QED) is 0.488. The lowest BCUT2D eigenvalue weighted by molar-refractivity contribution is -0.138. The van der Waals surface area contributed by atoms with Crippen molar-refractivity contribution in [3.63, 3.8) is 0 Å². The number of aliphatic hydroxyl groups is 2. The van der Waals surface area contributed by atoms with Crippen LogP contribution in [0.15, 0.2) is 42.5 Å². The summed E-state index contributed by atoms with van der Waals surface area (Å²) < 4.78 is 20.6. The molecule has 8 nitrogen and oxygen atoms in total. The van der Waals surface area contributed by atoms with Crippen LogP contribution < -0.4 is 15.8 Å². The monoisotopic (exact) mass is 471 g/mol. The van der Waals surface area contributed by atoms with Crippen LogP contribution in [0.3, 0.4) is 0 Å². The van der Waals surface area contributed by atoms with E-state index in [0.717, 1.165) is 16.7 Å². The van der Waals surface area contributed by atoms with Gasteiger partial charge < -0.3 is 30.9 Å². The number of carbonyl (C=O) groups is 2. The SMILES string of the molecule is NCc1cc(-c2cccc(NC(=O)[C@H]3C[C@H](O)C3)c2)ccc1O[C@H]1CCN(C(=O)CO)C[C@H]1F. The minimum Gasteiger partial charge on any atom is -0.487 e. The van der Waals surface area contributed by atoms with E-state index < -0.39 is 24.8 Å². The molecule has 2 atom stereocenters. The van der Waals surface area contributed by atoms with Gasteiger partial charge in [-0.15, -0.1) is 0 Å². The van der Waals surface area contributed by atoms with E-state index in [-0.39, 0.29) is 31.0 Å². The van der Waals surface area contributed by atoms with Gasteiger partial charge in [0.25, 0.3) is 0 Å². The Kier molecular flexibility index (Phi) is 7.45. The van der Waals surface area contributed by atoms with Crippen molar-refractivity contribution in [1.82, 2.24) is 4.90 Å². The fourth-order valence-corrected chi connectivity index (χ4v) is 4.36. The number of ether oxygens (including phenoxy) is 1. The zero-order chi connectivity index (χ0) is 24.2. The molecule has 4 rings (SSSR count). The molecule has 34 heavy (non-hydrogen) atoms. The van der Waals surface area contributed by atoms with Gasteiger partial charge in [-0.25, -0.2) is 4.39 Å². The molecule has 0 aromatic heterocycles. The maximum Gasteiger partial charge on any atom is 0.248 e. The molecule has 1 aliphatic heterocycles. The molecule has 2 aliphatic rings. The number of nitrogens with one attached hydrogen (secondary N) is 1. The summed E-state index contributed by atoms with van der Waals surface area (Å²) in [6.07, 6.45) is -1.17. The number of anilines is 1. The van der Waals surface area contributed by atoms with E-state index in [0.29, 0.717) is 37.2 Å². The van der Waals surface area contributed by atoms with Crippen LogP contribution in [0.4, 0.5) is 10.1 Å². The Morgan fingerprint density at radius 1 is 1.18 bits per heavy atom. The molecule has 0 spiro atoms. The van der Waals surface area contributed by atoms with Gasteiger partial charge >= 0.3 is 0 Å². The first-order chi connectivity index (χ1) is 16.4.